The molecule has 1 heterocycles. The van der Waals surface area contributed by atoms with E-state index in [1.807, 2.05) is 50.2 Å². The Morgan fingerprint density at radius 2 is 1.13 bits per heavy atom. The molecule has 0 amide bonds. The van der Waals surface area contributed by atoms with Gasteiger partial charge in [-0.1, -0.05) is 97.8 Å². The molecule has 0 spiro atoms. The Morgan fingerprint density at radius 1 is 0.592 bits per heavy atom. The summed E-state index contributed by atoms with van der Waals surface area (Å²) in [6.07, 6.45) is 11.0. The molecule has 400 valence electrons. The zero-order valence-corrected chi connectivity index (χ0v) is 45.9. The molecule has 0 saturated heterocycles. The monoisotopic (exact) mass is 1030 g/mol. The van der Waals surface area contributed by atoms with Gasteiger partial charge < -0.3 is 28.4 Å². The number of rotatable bonds is 16. The number of esters is 5. The van der Waals surface area contributed by atoms with Crippen LogP contribution in [0.2, 0.25) is 0 Å². The van der Waals surface area contributed by atoms with Crippen LogP contribution < -0.4 is 18.9 Å². The molecule has 0 saturated carbocycles. The molecule has 11 heteroatoms. The van der Waals surface area contributed by atoms with Gasteiger partial charge in [0.15, 0.2) is 11.5 Å². The van der Waals surface area contributed by atoms with Crippen molar-refractivity contribution in [1.82, 2.24) is 0 Å². The number of allylic oxidation sites excluding steroid dienone is 4. The summed E-state index contributed by atoms with van der Waals surface area (Å²) in [5.74, 6) is 0.539. The van der Waals surface area contributed by atoms with Crippen LogP contribution in [0.5, 0.6) is 23.0 Å². The number of carbonyl (C=O) groups excluding carboxylic acids is 5. The molecule has 8 rings (SSSR count). The highest BCUT2D eigenvalue weighted by molar-refractivity contribution is 5.94. The highest BCUT2D eigenvalue weighted by Gasteiger charge is 2.45. The van der Waals surface area contributed by atoms with Gasteiger partial charge in [0.1, 0.15) is 11.5 Å². The minimum absolute atomic E-state index is 0.0132. The molecular formula is C65H74O11. The second-order valence-corrected chi connectivity index (χ2v) is 21.2. The minimum Gasteiger partial charge on any atom is -0.462 e. The lowest BCUT2D eigenvalue weighted by molar-refractivity contribution is -0.174. The number of hydrogen-bond acceptors (Lipinski definition) is 11. The zero-order chi connectivity index (χ0) is 54.6. The predicted octanol–water partition coefficient (Wildman–Crippen LogP) is 15.2. The van der Waals surface area contributed by atoms with Crippen molar-refractivity contribution < 1.29 is 52.4 Å². The van der Waals surface area contributed by atoms with Crippen molar-refractivity contribution in [1.29, 1.82) is 0 Å². The Labute approximate surface area is 449 Å². The Hall–Kier alpha value is -7.27. The lowest BCUT2D eigenvalue weighted by atomic mass is 9.68. The van der Waals surface area contributed by atoms with Gasteiger partial charge in [-0.3, -0.25) is 9.59 Å². The van der Waals surface area contributed by atoms with Gasteiger partial charge in [-0.15, -0.1) is 0 Å². The molecule has 1 aliphatic heterocycles. The molecular weight excluding hydrogens is 957 g/mol. The second kappa shape index (κ2) is 26.0. The third-order valence-electron chi connectivity index (χ3n) is 14.8. The summed E-state index contributed by atoms with van der Waals surface area (Å²) < 4.78 is 35.7. The lowest BCUT2D eigenvalue weighted by Gasteiger charge is -2.44. The van der Waals surface area contributed by atoms with Crippen LogP contribution in [-0.4, -0.2) is 42.7 Å². The van der Waals surface area contributed by atoms with Crippen molar-refractivity contribution in [3.63, 3.8) is 0 Å². The first kappa shape index (κ1) is 56.5. The topological polar surface area (TPSA) is 141 Å². The second-order valence-electron chi connectivity index (χ2n) is 21.2. The summed E-state index contributed by atoms with van der Waals surface area (Å²) in [6.45, 7) is 19.6. The van der Waals surface area contributed by atoms with Gasteiger partial charge >= 0.3 is 29.8 Å². The van der Waals surface area contributed by atoms with E-state index in [0.717, 1.165) is 84.9 Å². The van der Waals surface area contributed by atoms with Gasteiger partial charge in [0.05, 0.1) is 23.3 Å². The smallest absolute Gasteiger partial charge is 0.343 e. The lowest BCUT2D eigenvalue weighted by Crippen LogP contribution is -2.41. The number of benzene rings is 5. The third kappa shape index (κ3) is 14.0. The van der Waals surface area contributed by atoms with Crippen molar-refractivity contribution in [2.75, 3.05) is 6.61 Å². The van der Waals surface area contributed by atoms with Crippen molar-refractivity contribution in [2.45, 2.75) is 151 Å². The van der Waals surface area contributed by atoms with E-state index < -0.39 is 18.2 Å². The maximum absolute atomic E-state index is 13.5. The molecule has 5 aromatic carbocycles. The summed E-state index contributed by atoms with van der Waals surface area (Å²) in [5.41, 5.74) is 9.52. The fraction of sp³-hybridized carbons (Fsp3) is 0.400. The van der Waals surface area contributed by atoms with E-state index in [9.17, 15) is 24.0 Å². The number of carbonyl (C=O) groups is 5. The fourth-order valence-electron chi connectivity index (χ4n) is 11.1. The van der Waals surface area contributed by atoms with Gasteiger partial charge in [0.2, 0.25) is 6.29 Å². The largest absolute Gasteiger partial charge is 0.462 e. The van der Waals surface area contributed by atoms with Crippen LogP contribution in [0.25, 0.3) is 0 Å². The van der Waals surface area contributed by atoms with E-state index in [-0.39, 0.29) is 71.5 Å². The molecule has 2 aliphatic carbocycles. The van der Waals surface area contributed by atoms with E-state index in [0.29, 0.717) is 28.0 Å². The van der Waals surface area contributed by atoms with Crippen LogP contribution in [0.3, 0.4) is 0 Å². The van der Waals surface area contributed by atoms with E-state index in [1.165, 1.54) is 25.0 Å². The van der Waals surface area contributed by atoms with Crippen LogP contribution in [0, 0.1) is 25.7 Å². The van der Waals surface area contributed by atoms with Crippen LogP contribution in [0.4, 0.5) is 0 Å². The molecule has 0 radical (unpaired) electrons. The average Bonchev–Trinajstić information content (AvgIpc) is 3.38. The highest BCUT2D eigenvalue weighted by Crippen LogP contribution is 2.56. The van der Waals surface area contributed by atoms with Crippen molar-refractivity contribution in [2.24, 2.45) is 11.8 Å². The Morgan fingerprint density at radius 3 is 1.70 bits per heavy atom. The van der Waals surface area contributed by atoms with Crippen LogP contribution >= 0.6 is 0 Å². The quantitative estimate of drug-likeness (QED) is 0.0530. The molecule has 5 aromatic rings. The number of hydrogen-bond donors (Lipinski definition) is 0. The number of ether oxygens (including phenoxy) is 6. The summed E-state index contributed by atoms with van der Waals surface area (Å²) in [5, 5.41) is 0. The van der Waals surface area contributed by atoms with Crippen molar-refractivity contribution in [3.8, 4) is 23.0 Å². The maximum Gasteiger partial charge on any atom is 0.343 e. The van der Waals surface area contributed by atoms with E-state index in [4.69, 9.17) is 28.4 Å². The highest BCUT2D eigenvalue weighted by atomic mass is 16.7. The summed E-state index contributed by atoms with van der Waals surface area (Å²) in [7, 11) is 0. The molecule has 0 aromatic heterocycles. The standard InChI is InChI=1S/C41H42O6.C24H32O5/c1-27(2)15-14-22-33(26-45-39(42)30-16-8-5-9-17-30)34-24-23-28(3)36-35(34)25-29(4)37(46-40(43)31-18-10-6-11-19-31)38(36)47-41(44)32-20-12-7-13-21-32;1-13(2)8-7-9-19-18-11-10-14(3)21-20(27-16(5)25)12-15(4)23(22(18)21)29-24(19)28-17(6)26/h5-13,15-21,25,28,33-34H,14,22-24,26H2,1-4H3;8,12,14,18-19,24H,7,9-11H2,1-6H3/t28-,33-,34+;14-,18+,19+,24?/m11/s1. The number of aryl methyl sites for hydroxylation is 2. The first-order valence-corrected chi connectivity index (χ1v) is 26.8. The molecule has 11 nitrogen and oxygen atoms in total. The van der Waals surface area contributed by atoms with Gasteiger partial charge in [0.25, 0.3) is 0 Å². The van der Waals surface area contributed by atoms with Crippen molar-refractivity contribution in [3.05, 3.63) is 176 Å². The molecule has 7 atom stereocenters. The summed E-state index contributed by atoms with van der Waals surface area (Å²) >= 11 is 0. The Bertz CT molecular complexity index is 2930. The maximum atomic E-state index is 13.5. The van der Waals surface area contributed by atoms with Crippen LogP contribution in [0.1, 0.15) is 195 Å². The normalized spacial score (nSPS) is 19.3. The van der Waals surface area contributed by atoms with E-state index in [2.05, 4.69) is 59.8 Å². The fourth-order valence-corrected chi connectivity index (χ4v) is 11.1. The minimum atomic E-state index is -0.588. The predicted molar refractivity (Wildman–Crippen MR) is 294 cm³/mol. The number of fused-ring (bicyclic) bond motifs is 1. The summed E-state index contributed by atoms with van der Waals surface area (Å²) in [4.78, 5) is 63.3. The van der Waals surface area contributed by atoms with Gasteiger partial charge in [-0.05, 0) is 176 Å². The summed E-state index contributed by atoms with van der Waals surface area (Å²) in [6, 6.07) is 30.6. The van der Waals surface area contributed by atoms with E-state index >= 15 is 0 Å². The van der Waals surface area contributed by atoms with Gasteiger partial charge in [-0.25, -0.2) is 14.4 Å². The van der Waals surface area contributed by atoms with Crippen molar-refractivity contribution >= 4 is 29.8 Å². The van der Waals surface area contributed by atoms with Crippen LogP contribution in [-0.2, 0) is 19.1 Å². The molecule has 0 N–H and O–H groups in total. The first-order chi connectivity index (χ1) is 36.4. The van der Waals surface area contributed by atoms with Crippen LogP contribution in [0.15, 0.2) is 126 Å². The Kier molecular flexibility index (Phi) is 19.3. The molecule has 1 unspecified atom stereocenters. The SMILES string of the molecule is CC(=O)Oc1cc(C)c2c3c1[C@H](C)CC[C@H]3[C@H](CCC=C(C)C)C(OC(C)=O)O2.CC(C)=CCC[C@H](COC(=O)c1ccccc1)[C@@H]1CC[C@@H](C)c2c1cc(C)c(OC(=O)c1ccccc1)c2OC(=O)c1ccccc1. The average molecular weight is 1030 g/mol. The molecule has 0 fully saturated rings. The van der Waals surface area contributed by atoms with E-state index in [1.54, 1.807) is 60.7 Å². The molecule has 0 bridgehead atoms. The molecule has 76 heavy (non-hydrogen) atoms. The zero-order valence-electron chi connectivity index (χ0n) is 45.9. The Balaban J connectivity index is 0.000000248. The van der Waals surface area contributed by atoms with Gasteiger partial charge in [-0.2, -0.15) is 0 Å². The molecule has 3 aliphatic rings. The first-order valence-electron chi connectivity index (χ1n) is 26.8. The van der Waals surface area contributed by atoms with Gasteiger partial charge in [0, 0.05) is 42.4 Å². The third-order valence-corrected chi connectivity index (χ3v) is 14.8.